The molecule has 3 fully saturated rings. The summed E-state index contributed by atoms with van der Waals surface area (Å²) in [6, 6.07) is 0. The molecule has 0 amide bonds. The second-order valence-electron chi connectivity index (χ2n) is 3.71. The van der Waals surface area contributed by atoms with Crippen molar-refractivity contribution < 1.29 is 0 Å². The molecule has 0 aromatic heterocycles. The molecule has 52 valence electrons. The predicted octanol–water partition coefficient (Wildman–Crippen LogP) is 2.69. The van der Waals surface area contributed by atoms with Crippen molar-refractivity contribution in [3.05, 3.63) is 0 Å². The maximum Gasteiger partial charge on any atom is -0.0349 e. The molecule has 0 aromatic rings. The molecule has 0 radical (unpaired) electrons. The molecular weight excluding hydrogens is 108 g/mol. The third kappa shape index (κ3) is 0.500. The lowest BCUT2D eigenvalue weighted by Crippen LogP contribution is -2.58. The Morgan fingerprint density at radius 1 is 1.00 bits per heavy atom. The van der Waals surface area contributed by atoms with Gasteiger partial charge in [-0.05, 0) is 30.1 Å². The van der Waals surface area contributed by atoms with Crippen LogP contribution >= 0.6 is 0 Å². The lowest BCUT2D eigenvalue weighted by Gasteiger charge is -2.65. The van der Waals surface area contributed by atoms with Crippen LogP contribution < -0.4 is 0 Å². The first-order valence-electron chi connectivity index (χ1n) is 4.38. The summed E-state index contributed by atoms with van der Waals surface area (Å²) in [6.07, 6.45) is 4.48. The van der Waals surface area contributed by atoms with Gasteiger partial charge in [-0.3, -0.25) is 0 Å². The van der Waals surface area contributed by atoms with E-state index >= 15 is 0 Å². The van der Waals surface area contributed by atoms with Gasteiger partial charge in [0.15, 0.2) is 0 Å². The van der Waals surface area contributed by atoms with Crippen molar-refractivity contribution in [3.63, 3.8) is 0 Å². The third-order valence-electron chi connectivity index (χ3n) is 3.69. The van der Waals surface area contributed by atoms with Crippen LogP contribution in [0.1, 0.15) is 33.1 Å². The Hall–Kier alpha value is 0. The van der Waals surface area contributed by atoms with Crippen molar-refractivity contribution in [3.8, 4) is 0 Å². The lowest BCUT2D eigenvalue weighted by atomic mass is 9.40. The molecule has 3 aliphatic carbocycles. The molecule has 0 spiro atoms. The minimum Gasteiger partial charge on any atom is -0.0651 e. The van der Waals surface area contributed by atoms with E-state index in [1.54, 1.807) is 6.42 Å². The molecule has 0 heteroatoms. The van der Waals surface area contributed by atoms with Crippen LogP contribution in [0.25, 0.3) is 0 Å². The second kappa shape index (κ2) is 1.74. The summed E-state index contributed by atoms with van der Waals surface area (Å²) in [6.45, 7) is 4.69. The minimum absolute atomic E-state index is 1.16. The zero-order valence-electron chi connectivity index (χ0n) is 6.43. The average Bonchev–Trinajstić information content (AvgIpc) is 1.61. The Kier molecular flexibility index (Phi) is 1.12. The van der Waals surface area contributed by atoms with Gasteiger partial charge in [-0.1, -0.05) is 26.7 Å². The monoisotopic (exact) mass is 124 g/mol. The molecule has 0 unspecified atom stereocenters. The average molecular weight is 124 g/mol. The van der Waals surface area contributed by atoms with E-state index in [9.17, 15) is 0 Å². The maximum atomic E-state index is 2.34. The molecule has 3 saturated carbocycles. The summed E-state index contributed by atoms with van der Waals surface area (Å²) in [5.41, 5.74) is 0. The molecule has 0 aliphatic heterocycles. The first-order chi connectivity index (χ1) is 4.38. The minimum atomic E-state index is 1.16. The predicted molar refractivity (Wildman–Crippen MR) is 39.2 cm³/mol. The summed E-state index contributed by atoms with van der Waals surface area (Å²) in [4.78, 5) is 0. The molecule has 2 bridgehead atoms. The van der Waals surface area contributed by atoms with Crippen LogP contribution in [-0.4, -0.2) is 0 Å². The highest BCUT2D eigenvalue weighted by atomic mass is 14.6. The molecule has 0 heterocycles. The molecule has 9 heavy (non-hydrogen) atoms. The van der Waals surface area contributed by atoms with E-state index in [0.29, 0.717) is 0 Å². The standard InChI is InChI=1S/C9H16/c1-3-6-8-5-9(6)7(8)4-2/h6-9H,3-5H2,1-2H3. The second-order valence-corrected chi connectivity index (χ2v) is 3.71. The van der Waals surface area contributed by atoms with Gasteiger partial charge < -0.3 is 0 Å². The van der Waals surface area contributed by atoms with Crippen molar-refractivity contribution >= 4 is 0 Å². The summed E-state index contributed by atoms with van der Waals surface area (Å²) < 4.78 is 0. The van der Waals surface area contributed by atoms with Crippen LogP contribution in [0.2, 0.25) is 0 Å². The quantitative estimate of drug-likeness (QED) is 0.531. The van der Waals surface area contributed by atoms with Gasteiger partial charge >= 0.3 is 0 Å². The normalized spacial score (nSPS) is 54.0. The van der Waals surface area contributed by atoms with Gasteiger partial charge in [0.1, 0.15) is 0 Å². The van der Waals surface area contributed by atoms with E-state index < -0.39 is 0 Å². The Bertz CT molecular complexity index is 95.2. The Labute approximate surface area is 57.6 Å². The Morgan fingerprint density at radius 2 is 1.44 bits per heavy atom. The van der Waals surface area contributed by atoms with Gasteiger partial charge in [0.25, 0.3) is 0 Å². The highest BCUT2D eigenvalue weighted by Gasteiger charge is 2.58. The van der Waals surface area contributed by atoms with Crippen molar-refractivity contribution in [2.45, 2.75) is 33.1 Å². The van der Waals surface area contributed by atoms with Crippen LogP contribution in [0.4, 0.5) is 0 Å². The van der Waals surface area contributed by atoms with Gasteiger partial charge in [0.2, 0.25) is 0 Å². The molecule has 0 atom stereocenters. The van der Waals surface area contributed by atoms with E-state index in [1.807, 2.05) is 0 Å². The molecule has 0 N–H and O–H groups in total. The SMILES string of the molecule is CCC1C2CC1C2CC. The van der Waals surface area contributed by atoms with Gasteiger partial charge in [-0.15, -0.1) is 0 Å². The van der Waals surface area contributed by atoms with Crippen LogP contribution in [0, 0.1) is 23.7 Å². The molecule has 0 saturated heterocycles. The fourth-order valence-electron chi connectivity index (χ4n) is 2.96. The third-order valence-corrected chi connectivity index (χ3v) is 3.69. The lowest BCUT2D eigenvalue weighted by molar-refractivity contribution is -0.164. The molecular formula is C9H16. The zero-order valence-corrected chi connectivity index (χ0v) is 6.43. The highest BCUT2D eigenvalue weighted by Crippen LogP contribution is 2.65. The largest absolute Gasteiger partial charge is 0.0651 e. The van der Waals surface area contributed by atoms with E-state index in [4.69, 9.17) is 0 Å². The Morgan fingerprint density at radius 3 is 1.67 bits per heavy atom. The summed E-state index contributed by atoms with van der Waals surface area (Å²) >= 11 is 0. The van der Waals surface area contributed by atoms with E-state index in [1.165, 1.54) is 24.7 Å². The smallest absolute Gasteiger partial charge is 0.0349 e. The van der Waals surface area contributed by atoms with Crippen molar-refractivity contribution in [2.24, 2.45) is 23.7 Å². The topological polar surface area (TPSA) is 0 Å². The fraction of sp³-hybridized carbons (Fsp3) is 1.00. The van der Waals surface area contributed by atoms with Crippen molar-refractivity contribution in [2.75, 3.05) is 0 Å². The van der Waals surface area contributed by atoms with Gasteiger partial charge in [0, 0.05) is 0 Å². The highest BCUT2D eigenvalue weighted by molar-refractivity contribution is 5.06. The first kappa shape index (κ1) is 5.76. The number of hydrogen-bond donors (Lipinski definition) is 0. The van der Waals surface area contributed by atoms with Crippen molar-refractivity contribution in [1.29, 1.82) is 0 Å². The number of hydrogen-bond acceptors (Lipinski definition) is 0. The molecule has 3 aliphatic rings. The van der Waals surface area contributed by atoms with E-state index in [-0.39, 0.29) is 0 Å². The first-order valence-corrected chi connectivity index (χ1v) is 4.38. The summed E-state index contributed by atoms with van der Waals surface area (Å²) in [5, 5.41) is 0. The summed E-state index contributed by atoms with van der Waals surface area (Å²) in [5.74, 6) is 4.67. The van der Waals surface area contributed by atoms with Crippen LogP contribution in [0.15, 0.2) is 0 Å². The Balaban J connectivity index is 1.88. The van der Waals surface area contributed by atoms with Crippen molar-refractivity contribution in [1.82, 2.24) is 0 Å². The maximum absolute atomic E-state index is 2.34. The van der Waals surface area contributed by atoms with E-state index in [2.05, 4.69) is 13.8 Å². The number of rotatable bonds is 2. The zero-order chi connectivity index (χ0) is 6.43. The summed E-state index contributed by atoms with van der Waals surface area (Å²) in [7, 11) is 0. The van der Waals surface area contributed by atoms with Crippen LogP contribution in [0.5, 0.6) is 0 Å². The van der Waals surface area contributed by atoms with Crippen LogP contribution in [0.3, 0.4) is 0 Å². The molecule has 0 aromatic carbocycles. The van der Waals surface area contributed by atoms with Gasteiger partial charge in [-0.25, -0.2) is 0 Å². The molecule has 3 rings (SSSR count). The van der Waals surface area contributed by atoms with Gasteiger partial charge in [0.05, 0.1) is 0 Å². The molecule has 0 nitrogen and oxygen atoms in total. The van der Waals surface area contributed by atoms with Gasteiger partial charge in [-0.2, -0.15) is 0 Å². The fourth-order valence-corrected chi connectivity index (χ4v) is 2.96. The van der Waals surface area contributed by atoms with Crippen LogP contribution in [-0.2, 0) is 0 Å². The van der Waals surface area contributed by atoms with E-state index in [0.717, 1.165) is 11.8 Å².